The lowest BCUT2D eigenvalue weighted by molar-refractivity contribution is 1.06. The van der Waals surface area contributed by atoms with Gasteiger partial charge in [0.25, 0.3) is 0 Å². The average Bonchev–Trinajstić information content (AvgIpc) is 2.49. The standard InChI is InChI=1S/2C10H21N3OSi2/c2*1-15(2,3)13(16(4,5)6)9-7-8-11-10(14)12-9/h2*7-8H,1-6H3,(H,11,12,14). The lowest BCUT2D eigenvalue weighted by Crippen LogP contribution is -2.60. The first-order valence-electron chi connectivity index (χ1n) is 11.0. The predicted molar refractivity (Wildman–Crippen MR) is 148 cm³/mol. The van der Waals surface area contributed by atoms with Gasteiger partial charge in [-0.3, -0.25) is 9.97 Å². The molecular formula is C20H42N6O2Si4. The monoisotopic (exact) mass is 510 g/mol. The van der Waals surface area contributed by atoms with E-state index < -0.39 is 32.9 Å². The molecule has 0 spiro atoms. The fourth-order valence-corrected chi connectivity index (χ4v) is 23.9. The maximum atomic E-state index is 11.3. The van der Waals surface area contributed by atoms with Crippen molar-refractivity contribution in [3.8, 4) is 0 Å². The molecule has 0 aromatic carbocycles. The highest BCUT2D eigenvalue weighted by molar-refractivity contribution is 6.99. The third kappa shape index (κ3) is 8.29. The zero-order valence-electron chi connectivity index (χ0n) is 21.9. The van der Waals surface area contributed by atoms with Gasteiger partial charge in [0, 0.05) is 12.4 Å². The van der Waals surface area contributed by atoms with Crippen LogP contribution in [-0.2, 0) is 0 Å². The van der Waals surface area contributed by atoms with Gasteiger partial charge in [-0.1, -0.05) is 78.6 Å². The minimum absolute atomic E-state index is 0.265. The van der Waals surface area contributed by atoms with Crippen molar-refractivity contribution in [3.05, 3.63) is 45.5 Å². The lowest BCUT2D eigenvalue weighted by atomic mass is 10.6. The predicted octanol–water partition coefficient (Wildman–Crippen LogP) is 4.49. The highest BCUT2D eigenvalue weighted by Gasteiger charge is 2.36. The fourth-order valence-electron chi connectivity index (χ4n) is 4.44. The van der Waals surface area contributed by atoms with Crippen molar-refractivity contribution in [2.75, 3.05) is 8.46 Å². The Balaban J connectivity index is 0.000000320. The van der Waals surface area contributed by atoms with Crippen LogP contribution < -0.4 is 19.8 Å². The third-order valence-corrected chi connectivity index (χ3v) is 18.9. The molecule has 32 heavy (non-hydrogen) atoms. The van der Waals surface area contributed by atoms with E-state index in [2.05, 4.69) is 107 Å². The second-order valence-electron chi connectivity index (χ2n) is 11.9. The van der Waals surface area contributed by atoms with Crippen molar-refractivity contribution >= 4 is 44.6 Å². The second-order valence-corrected chi connectivity index (χ2v) is 31.9. The minimum Gasteiger partial charge on any atom is -0.411 e. The van der Waals surface area contributed by atoms with Gasteiger partial charge in [-0.25, -0.2) is 19.6 Å². The van der Waals surface area contributed by atoms with Gasteiger partial charge in [-0.2, -0.15) is 0 Å². The van der Waals surface area contributed by atoms with Crippen LogP contribution in [0.1, 0.15) is 0 Å². The van der Waals surface area contributed by atoms with E-state index in [0.29, 0.717) is 0 Å². The SMILES string of the molecule is C[Si](C)(C)N(c1ccnc(=O)[nH]1)[Si](C)(C)C.C[Si](C)(C)N(c1ccnc(=O)[nH]1)[Si](C)(C)C. The molecule has 0 atom stereocenters. The number of rotatable bonds is 6. The van der Waals surface area contributed by atoms with E-state index in [1.165, 1.54) is 0 Å². The lowest BCUT2D eigenvalue weighted by Gasteiger charge is -2.45. The van der Waals surface area contributed by atoms with E-state index in [9.17, 15) is 9.59 Å². The van der Waals surface area contributed by atoms with Crippen molar-refractivity contribution in [1.29, 1.82) is 0 Å². The number of H-pyrrole nitrogens is 2. The number of hydrogen-bond acceptors (Lipinski definition) is 6. The summed E-state index contributed by atoms with van der Waals surface area (Å²) < 4.78 is 4.92. The van der Waals surface area contributed by atoms with Crippen LogP contribution in [0.3, 0.4) is 0 Å². The van der Waals surface area contributed by atoms with Crippen LogP contribution in [0, 0.1) is 0 Å². The molecule has 0 aliphatic carbocycles. The van der Waals surface area contributed by atoms with Crippen LogP contribution in [0.5, 0.6) is 0 Å². The summed E-state index contributed by atoms with van der Waals surface area (Å²) in [5, 5.41) is 0. The highest BCUT2D eigenvalue weighted by atomic mass is 28.4. The number of aromatic amines is 2. The van der Waals surface area contributed by atoms with Crippen LogP contribution in [0.2, 0.25) is 78.6 Å². The molecule has 180 valence electrons. The summed E-state index contributed by atoms with van der Waals surface area (Å²) in [6.45, 7) is 27.5. The Morgan fingerprint density at radius 2 is 0.812 bits per heavy atom. The number of anilines is 2. The van der Waals surface area contributed by atoms with E-state index in [1.54, 1.807) is 12.4 Å². The molecule has 0 saturated heterocycles. The van der Waals surface area contributed by atoms with Crippen LogP contribution in [0.4, 0.5) is 11.6 Å². The summed E-state index contributed by atoms with van der Waals surface area (Å²) >= 11 is 0. The Morgan fingerprint density at radius 3 is 1.00 bits per heavy atom. The third-order valence-electron chi connectivity index (χ3n) is 4.48. The Kier molecular flexibility index (Phi) is 8.84. The highest BCUT2D eigenvalue weighted by Crippen LogP contribution is 2.26. The smallest absolute Gasteiger partial charge is 0.346 e. The van der Waals surface area contributed by atoms with Gasteiger partial charge in [0.05, 0.1) is 11.6 Å². The first-order chi connectivity index (χ1) is 14.2. The molecule has 8 nitrogen and oxygen atoms in total. The number of nitrogens with zero attached hydrogens (tertiary/aromatic N) is 4. The zero-order chi connectivity index (χ0) is 25.1. The summed E-state index contributed by atoms with van der Waals surface area (Å²) in [7, 11) is -5.95. The van der Waals surface area contributed by atoms with Gasteiger partial charge in [0.1, 0.15) is 32.9 Å². The van der Waals surface area contributed by atoms with E-state index in [1.807, 2.05) is 12.1 Å². The van der Waals surface area contributed by atoms with E-state index >= 15 is 0 Å². The van der Waals surface area contributed by atoms with Gasteiger partial charge >= 0.3 is 11.4 Å². The molecule has 0 saturated carbocycles. The molecule has 2 N–H and O–H groups in total. The summed E-state index contributed by atoms with van der Waals surface area (Å²) in [6.07, 6.45) is 3.17. The maximum Gasteiger partial charge on any atom is 0.346 e. The number of aromatic nitrogens is 4. The molecule has 0 radical (unpaired) electrons. The van der Waals surface area contributed by atoms with Gasteiger partial charge in [0.2, 0.25) is 0 Å². The summed E-state index contributed by atoms with van der Waals surface area (Å²) in [5.41, 5.74) is -0.530. The zero-order valence-corrected chi connectivity index (χ0v) is 25.9. The number of nitrogens with one attached hydrogen (secondary N) is 2. The van der Waals surface area contributed by atoms with Crippen LogP contribution in [-0.4, -0.2) is 52.9 Å². The molecule has 2 aromatic heterocycles. The van der Waals surface area contributed by atoms with E-state index in [-0.39, 0.29) is 11.4 Å². The van der Waals surface area contributed by atoms with Gasteiger partial charge in [0.15, 0.2) is 0 Å². The molecule has 12 heteroatoms. The van der Waals surface area contributed by atoms with Gasteiger partial charge < -0.3 is 8.46 Å². The van der Waals surface area contributed by atoms with Crippen LogP contribution >= 0.6 is 0 Å². The molecule has 0 unspecified atom stereocenters. The normalized spacial score (nSPS) is 12.6. The van der Waals surface area contributed by atoms with Crippen molar-refractivity contribution < 1.29 is 0 Å². The first-order valence-corrected chi connectivity index (χ1v) is 24.7. The molecule has 0 aliphatic heterocycles. The minimum atomic E-state index is -1.49. The van der Waals surface area contributed by atoms with Crippen molar-refractivity contribution in [2.24, 2.45) is 0 Å². The van der Waals surface area contributed by atoms with Crippen LogP contribution in [0.15, 0.2) is 34.1 Å². The molecule has 2 rings (SSSR count). The molecule has 0 bridgehead atoms. The quantitative estimate of drug-likeness (QED) is 0.556. The molecule has 0 amide bonds. The van der Waals surface area contributed by atoms with Gasteiger partial charge in [-0.05, 0) is 12.1 Å². The molecule has 2 heterocycles. The number of hydrogen-bond donors (Lipinski definition) is 2. The molecule has 0 fully saturated rings. The maximum absolute atomic E-state index is 11.3. The fraction of sp³-hybridized carbons (Fsp3) is 0.600. The van der Waals surface area contributed by atoms with Gasteiger partial charge in [-0.15, -0.1) is 0 Å². The summed E-state index contributed by atoms with van der Waals surface area (Å²) in [4.78, 5) is 35.6. The summed E-state index contributed by atoms with van der Waals surface area (Å²) in [6, 6.07) is 3.80. The first kappa shape index (κ1) is 28.3. The molecule has 0 aliphatic rings. The largest absolute Gasteiger partial charge is 0.411 e. The Hall–Kier alpha value is -1.77. The average molecular weight is 511 g/mol. The van der Waals surface area contributed by atoms with E-state index in [4.69, 9.17) is 0 Å². The molecular weight excluding hydrogens is 469 g/mol. The topological polar surface area (TPSA) is 98.0 Å². The van der Waals surface area contributed by atoms with Crippen molar-refractivity contribution in [2.45, 2.75) is 78.6 Å². The van der Waals surface area contributed by atoms with Crippen molar-refractivity contribution in [3.63, 3.8) is 0 Å². The Bertz CT molecular complexity index is 888. The molecule has 2 aromatic rings. The van der Waals surface area contributed by atoms with E-state index in [0.717, 1.165) is 11.6 Å². The van der Waals surface area contributed by atoms with Crippen molar-refractivity contribution in [1.82, 2.24) is 19.9 Å². The van der Waals surface area contributed by atoms with Crippen LogP contribution in [0.25, 0.3) is 0 Å². The Morgan fingerprint density at radius 1 is 0.562 bits per heavy atom. The Labute approximate surface area is 196 Å². The summed E-state index contributed by atoms with van der Waals surface area (Å²) in [5.74, 6) is 1.86. The second kappa shape index (κ2) is 10.0.